The van der Waals surface area contributed by atoms with E-state index in [1.165, 1.54) is 14.2 Å². The van der Waals surface area contributed by atoms with Gasteiger partial charge in [-0.2, -0.15) is 0 Å². The zero-order chi connectivity index (χ0) is 16.9. The summed E-state index contributed by atoms with van der Waals surface area (Å²) in [6, 6.07) is 14.5. The van der Waals surface area contributed by atoms with Crippen molar-refractivity contribution < 1.29 is 18.8 Å². The Morgan fingerprint density at radius 1 is 1.04 bits per heavy atom. The fraction of sp³-hybridized carbons (Fsp3) is 0.111. The molecular formula is C18H16N2O4. The Balaban J connectivity index is 1.88. The SMILES string of the molecule is COc1cc(OC)cc(C(=O)Nc2oncc2-c2ccccc2)c1. The number of nitrogens with one attached hydrogen (secondary N) is 1. The number of rotatable bonds is 5. The first kappa shape index (κ1) is 15.6. The number of hydrogen-bond donors (Lipinski definition) is 1. The Morgan fingerprint density at radius 2 is 1.71 bits per heavy atom. The van der Waals surface area contributed by atoms with E-state index in [1.807, 2.05) is 30.3 Å². The molecule has 1 aromatic heterocycles. The number of carbonyl (C=O) groups is 1. The molecule has 2 aromatic carbocycles. The lowest BCUT2D eigenvalue weighted by atomic mass is 10.1. The predicted molar refractivity (Wildman–Crippen MR) is 89.4 cm³/mol. The molecule has 1 heterocycles. The second-order valence-electron chi connectivity index (χ2n) is 4.99. The van der Waals surface area contributed by atoms with Crippen molar-refractivity contribution in [1.82, 2.24) is 5.16 Å². The average molecular weight is 324 g/mol. The second-order valence-corrected chi connectivity index (χ2v) is 4.99. The summed E-state index contributed by atoms with van der Waals surface area (Å²) in [4.78, 5) is 12.5. The Morgan fingerprint density at radius 3 is 2.33 bits per heavy atom. The zero-order valence-electron chi connectivity index (χ0n) is 13.3. The van der Waals surface area contributed by atoms with E-state index in [2.05, 4.69) is 10.5 Å². The quantitative estimate of drug-likeness (QED) is 0.776. The number of aromatic nitrogens is 1. The summed E-state index contributed by atoms with van der Waals surface area (Å²) in [6.45, 7) is 0. The first-order chi connectivity index (χ1) is 11.7. The molecule has 0 atom stereocenters. The van der Waals surface area contributed by atoms with Crippen LogP contribution in [0.25, 0.3) is 11.1 Å². The van der Waals surface area contributed by atoms with Crippen LogP contribution in [0.4, 0.5) is 5.88 Å². The van der Waals surface area contributed by atoms with Crippen molar-refractivity contribution in [2.75, 3.05) is 19.5 Å². The van der Waals surface area contributed by atoms with Crippen molar-refractivity contribution in [3.05, 3.63) is 60.3 Å². The van der Waals surface area contributed by atoms with Crippen molar-refractivity contribution in [2.45, 2.75) is 0 Å². The highest BCUT2D eigenvalue weighted by atomic mass is 16.5. The molecule has 3 aromatic rings. The minimum atomic E-state index is -0.346. The zero-order valence-corrected chi connectivity index (χ0v) is 13.3. The van der Waals surface area contributed by atoms with Crippen LogP contribution in [0.15, 0.2) is 59.3 Å². The van der Waals surface area contributed by atoms with Gasteiger partial charge in [-0.15, -0.1) is 0 Å². The molecule has 0 radical (unpaired) electrons. The first-order valence-corrected chi connectivity index (χ1v) is 7.26. The number of nitrogens with zero attached hydrogens (tertiary/aromatic N) is 1. The van der Waals surface area contributed by atoms with Gasteiger partial charge in [0, 0.05) is 11.6 Å². The summed E-state index contributed by atoms with van der Waals surface area (Å²) in [6.07, 6.45) is 1.57. The molecule has 6 nitrogen and oxygen atoms in total. The van der Waals surface area contributed by atoms with Gasteiger partial charge in [-0.25, -0.2) is 0 Å². The molecule has 0 aliphatic heterocycles. The van der Waals surface area contributed by atoms with Crippen molar-refractivity contribution in [3.63, 3.8) is 0 Å². The van der Waals surface area contributed by atoms with E-state index in [-0.39, 0.29) is 11.8 Å². The minimum absolute atomic E-state index is 0.285. The number of amides is 1. The van der Waals surface area contributed by atoms with Crippen LogP contribution in [-0.4, -0.2) is 25.3 Å². The predicted octanol–water partition coefficient (Wildman–Crippen LogP) is 3.61. The third-order valence-corrected chi connectivity index (χ3v) is 3.50. The lowest BCUT2D eigenvalue weighted by Crippen LogP contribution is -2.12. The Kier molecular flexibility index (Phi) is 4.47. The van der Waals surface area contributed by atoms with Crippen molar-refractivity contribution in [3.8, 4) is 22.6 Å². The lowest BCUT2D eigenvalue weighted by molar-refractivity contribution is 0.102. The van der Waals surface area contributed by atoms with Crippen LogP contribution < -0.4 is 14.8 Å². The topological polar surface area (TPSA) is 73.6 Å². The molecule has 1 amide bonds. The number of anilines is 1. The van der Waals surface area contributed by atoms with E-state index in [4.69, 9.17) is 14.0 Å². The Bertz CT molecular complexity index is 821. The highest BCUT2D eigenvalue weighted by Crippen LogP contribution is 2.29. The standard InChI is InChI=1S/C18H16N2O4/c1-22-14-8-13(9-15(10-14)23-2)17(21)20-18-16(11-19-24-18)12-6-4-3-5-7-12/h3-11H,1-2H3,(H,20,21). The summed E-state index contributed by atoms with van der Waals surface area (Å²) >= 11 is 0. The molecule has 0 aliphatic carbocycles. The van der Waals surface area contributed by atoms with Gasteiger partial charge < -0.3 is 14.0 Å². The van der Waals surface area contributed by atoms with Crippen LogP contribution >= 0.6 is 0 Å². The Hall–Kier alpha value is -3.28. The number of ether oxygens (including phenoxy) is 2. The van der Waals surface area contributed by atoms with Crippen LogP contribution in [0.5, 0.6) is 11.5 Å². The lowest BCUT2D eigenvalue weighted by Gasteiger charge is -2.08. The van der Waals surface area contributed by atoms with Gasteiger partial charge in [0.05, 0.1) is 26.0 Å². The van der Waals surface area contributed by atoms with Gasteiger partial charge in [-0.05, 0) is 17.7 Å². The normalized spacial score (nSPS) is 10.2. The van der Waals surface area contributed by atoms with Gasteiger partial charge in [0.1, 0.15) is 11.5 Å². The summed E-state index contributed by atoms with van der Waals surface area (Å²) in [5, 5.41) is 6.50. The highest BCUT2D eigenvalue weighted by molar-refractivity contribution is 6.05. The van der Waals surface area contributed by atoms with Gasteiger partial charge in [-0.3, -0.25) is 10.1 Å². The smallest absolute Gasteiger partial charge is 0.258 e. The molecule has 0 saturated carbocycles. The molecule has 122 valence electrons. The molecule has 0 saturated heterocycles. The van der Waals surface area contributed by atoms with Crippen LogP contribution in [0.2, 0.25) is 0 Å². The van der Waals surface area contributed by atoms with Crippen LogP contribution in [0.3, 0.4) is 0 Å². The first-order valence-electron chi connectivity index (χ1n) is 7.26. The summed E-state index contributed by atoms with van der Waals surface area (Å²) < 4.78 is 15.5. The van der Waals surface area contributed by atoms with E-state index in [0.29, 0.717) is 22.6 Å². The van der Waals surface area contributed by atoms with Crippen molar-refractivity contribution in [2.24, 2.45) is 0 Å². The maximum absolute atomic E-state index is 12.5. The van der Waals surface area contributed by atoms with Gasteiger partial charge in [-0.1, -0.05) is 35.5 Å². The molecule has 1 N–H and O–H groups in total. The van der Waals surface area contributed by atoms with E-state index >= 15 is 0 Å². The van der Waals surface area contributed by atoms with Crippen molar-refractivity contribution >= 4 is 11.8 Å². The summed E-state index contributed by atoms with van der Waals surface area (Å²) in [7, 11) is 3.06. The van der Waals surface area contributed by atoms with E-state index in [0.717, 1.165) is 5.56 Å². The van der Waals surface area contributed by atoms with Gasteiger partial charge in [0.15, 0.2) is 0 Å². The molecule has 0 spiro atoms. The largest absolute Gasteiger partial charge is 0.497 e. The third kappa shape index (κ3) is 3.22. The fourth-order valence-corrected chi connectivity index (χ4v) is 2.27. The van der Waals surface area contributed by atoms with Crippen LogP contribution in [0.1, 0.15) is 10.4 Å². The van der Waals surface area contributed by atoms with E-state index in [9.17, 15) is 4.79 Å². The molecule has 0 fully saturated rings. The number of hydrogen-bond acceptors (Lipinski definition) is 5. The molecule has 0 aliphatic rings. The van der Waals surface area contributed by atoms with Crippen LogP contribution in [0, 0.1) is 0 Å². The van der Waals surface area contributed by atoms with Gasteiger partial charge in [0.2, 0.25) is 5.88 Å². The van der Waals surface area contributed by atoms with Gasteiger partial charge in [0.25, 0.3) is 5.91 Å². The maximum atomic E-state index is 12.5. The van der Waals surface area contributed by atoms with E-state index in [1.54, 1.807) is 24.4 Å². The molecule has 6 heteroatoms. The van der Waals surface area contributed by atoms with Gasteiger partial charge >= 0.3 is 0 Å². The molecule has 0 bridgehead atoms. The molecule has 0 unspecified atom stereocenters. The van der Waals surface area contributed by atoms with Crippen molar-refractivity contribution in [1.29, 1.82) is 0 Å². The Labute approximate surface area is 139 Å². The molecular weight excluding hydrogens is 308 g/mol. The third-order valence-electron chi connectivity index (χ3n) is 3.50. The monoisotopic (exact) mass is 324 g/mol. The highest BCUT2D eigenvalue weighted by Gasteiger charge is 2.16. The number of carbonyl (C=O) groups excluding carboxylic acids is 1. The molecule has 24 heavy (non-hydrogen) atoms. The number of methoxy groups -OCH3 is 2. The van der Waals surface area contributed by atoms with Crippen LogP contribution in [-0.2, 0) is 0 Å². The minimum Gasteiger partial charge on any atom is -0.497 e. The number of benzene rings is 2. The second kappa shape index (κ2) is 6.87. The van der Waals surface area contributed by atoms with E-state index < -0.39 is 0 Å². The summed E-state index contributed by atoms with van der Waals surface area (Å²) in [5.74, 6) is 0.995. The maximum Gasteiger partial charge on any atom is 0.258 e. The summed E-state index contributed by atoms with van der Waals surface area (Å²) in [5.41, 5.74) is 2.00. The average Bonchev–Trinajstić information content (AvgIpc) is 3.10. The fourth-order valence-electron chi connectivity index (χ4n) is 2.27. The molecule has 3 rings (SSSR count).